The lowest BCUT2D eigenvalue weighted by molar-refractivity contribution is -0.445. The molecular weight excluding hydrogens is 623 g/mol. The van der Waals surface area contributed by atoms with E-state index in [1.54, 1.807) is 0 Å². The van der Waals surface area contributed by atoms with Gasteiger partial charge in [-0.1, -0.05) is 96.9 Å². The molecule has 3 aliphatic rings. The molecule has 3 aromatic carbocycles. The summed E-state index contributed by atoms with van der Waals surface area (Å²) in [6.45, 7) is 23.7. The molecule has 0 amide bonds. The molecule has 4 nitrogen and oxygen atoms in total. The molecule has 51 heavy (non-hydrogen) atoms. The standard InChI is InChI=1S/C47H59N3O/c1-11-48(10)37-25-27-38(28-26-37)51-45-35(23-29-43-46(6,7)39-19-12-14-21-41(39)49(43)31-33(2)3)17-16-18-36(45)24-30-44-47(8,9)40-20-13-15-22-42(40)50(44)32-34(4)5/h12-15,19-29,33-34H,11,16-18,31-32H2,1-10H3. The van der Waals surface area contributed by atoms with Gasteiger partial charge in [-0.05, 0) is 80.7 Å². The Bertz CT molecular complexity index is 1900. The summed E-state index contributed by atoms with van der Waals surface area (Å²) in [6, 6.07) is 26.3. The zero-order valence-corrected chi connectivity index (χ0v) is 32.8. The lowest BCUT2D eigenvalue weighted by Crippen LogP contribution is -2.29. The molecule has 0 saturated heterocycles. The first-order valence-electron chi connectivity index (χ1n) is 19.2. The Morgan fingerprint density at radius 3 is 2.22 bits per heavy atom. The second-order valence-electron chi connectivity index (χ2n) is 16.5. The highest BCUT2D eigenvalue weighted by Crippen LogP contribution is 2.48. The minimum absolute atomic E-state index is 0.0980. The highest BCUT2D eigenvalue weighted by Gasteiger charge is 2.42. The van der Waals surface area contributed by atoms with E-state index >= 15 is 0 Å². The smallest absolute Gasteiger partial charge is 0.208 e. The first-order valence-corrected chi connectivity index (χ1v) is 19.2. The predicted molar refractivity (Wildman–Crippen MR) is 217 cm³/mol. The molecular formula is C47H59N3O. The third-order valence-electron chi connectivity index (χ3n) is 10.9. The number of ether oxygens (including phenoxy) is 1. The van der Waals surface area contributed by atoms with Gasteiger partial charge in [0.15, 0.2) is 0 Å². The Kier molecular flexibility index (Phi) is 10.5. The van der Waals surface area contributed by atoms with Gasteiger partial charge >= 0.3 is 0 Å². The molecule has 2 heterocycles. The average molecular weight is 682 g/mol. The number of anilines is 2. The highest BCUT2D eigenvalue weighted by atomic mass is 16.5. The van der Waals surface area contributed by atoms with Gasteiger partial charge in [0.25, 0.3) is 0 Å². The van der Waals surface area contributed by atoms with Crippen molar-refractivity contribution in [2.75, 3.05) is 36.5 Å². The van der Waals surface area contributed by atoms with Gasteiger partial charge in [0.05, 0.1) is 11.2 Å². The van der Waals surface area contributed by atoms with Crippen molar-refractivity contribution < 1.29 is 9.31 Å². The molecule has 0 atom stereocenters. The van der Waals surface area contributed by atoms with Gasteiger partial charge in [0.2, 0.25) is 5.69 Å². The number of nitrogens with zero attached hydrogens (tertiary/aromatic N) is 3. The Morgan fingerprint density at radius 1 is 0.843 bits per heavy atom. The van der Waals surface area contributed by atoms with Crippen LogP contribution >= 0.6 is 0 Å². The zero-order valence-electron chi connectivity index (χ0n) is 32.8. The molecule has 0 fully saturated rings. The molecule has 0 bridgehead atoms. The molecule has 0 spiro atoms. The van der Waals surface area contributed by atoms with E-state index in [0.717, 1.165) is 50.4 Å². The van der Waals surface area contributed by atoms with E-state index < -0.39 is 0 Å². The second-order valence-corrected chi connectivity index (χ2v) is 16.5. The van der Waals surface area contributed by atoms with Crippen LogP contribution in [0.25, 0.3) is 0 Å². The van der Waals surface area contributed by atoms with Crippen molar-refractivity contribution in [2.24, 2.45) is 11.8 Å². The second kappa shape index (κ2) is 14.7. The Balaban J connectivity index is 1.46. The summed E-state index contributed by atoms with van der Waals surface area (Å²) in [6.07, 6.45) is 13.9. The van der Waals surface area contributed by atoms with Crippen LogP contribution in [0.2, 0.25) is 0 Å². The van der Waals surface area contributed by atoms with E-state index in [9.17, 15) is 0 Å². The van der Waals surface area contributed by atoms with E-state index in [1.165, 1.54) is 50.7 Å². The Labute approximate surface area is 308 Å². The monoisotopic (exact) mass is 681 g/mol. The maximum atomic E-state index is 6.95. The van der Waals surface area contributed by atoms with Crippen molar-refractivity contribution in [2.45, 2.75) is 92.4 Å². The van der Waals surface area contributed by atoms with E-state index in [2.05, 4.69) is 181 Å². The summed E-state index contributed by atoms with van der Waals surface area (Å²) in [7, 11) is 2.13. The highest BCUT2D eigenvalue weighted by molar-refractivity contribution is 6.00. The lowest BCUT2D eigenvalue weighted by Gasteiger charge is -2.30. The van der Waals surface area contributed by atoms with Gasteiger partial charge in [0, 0.05) is 60.2 Å². The molecule has 2 aliphatic heterocycles. The molecule has 0 aromatic heterocycles. The zero-order chi connectivity index (χ0) is 36.5. The summed E-state index contributed by atoms with van der Waals surface area (Å²) >= 11 is 0. The summed E-state index contributed by atoms with van der Waals surface area (Å²) in [5.74, 6) is 2.89. The Morgan fingerprint density at radius 2 is 1.53 bits per heavy atom. The number of benzene rings is 3. The minimum Gasteiger partial charge on any atom is -0.476 e. The first-order chi connectivity index (χ1) is 24.3. The molecule has 4 heteroatoms. The van der Waals surface area contributed by atoms with Gasteiger partial charge in [-0.3, -0.25) is 0 Å². The maximum Gasteiger partial charge on any atom is 0.208 e. The van der Waals surface area contributed by atoms with Crippen LogP contribution in [0.1, 0.15) is 92.7 Å². The Hall–Kier alpha value is -4.31. The van der Waals surface area contributed by atoms with Gasteiger partial charge in [-0.2, -0.15) is 11.6 Å². The van der Waals surface area contributed by atoms with Crippen LogP contribution in [0, 0.1) is 17.9 Å². The van der Waals surface area contributed by atoms with Crippen molar-refractivity contribution in [3.8, 4) is 5.75 Å². The van der Waals surface area contributed by atoms with E-state index in [-0.39, 0.29) is 10.8 Å². The van der Waals surface area contributed by atoms with Gasteiger partial charge in [-0.25, -0.2) is 10.7 Å². The SMILES string of the molecule is CCN(C)c1ccc(OC2=C(C=[C-]C3=[N+](CC(C)C)c4ccccc4C3(C)C)CCC/C2=C\C=C2\N(CC(C)C)c3ccccc3C2(C)C)cc1. The van der Waals surface area contributed by atoms with Gasteiger partial charge in [0.1, 0.15) is 18.0 Å². The van der Waals surface area contributed by atoms with Crippen molar-refractivity contribution in [3.63, 3.8) is 0 Å². The molecule has 3 aromatic rings. The molecule has 0 radical (unpaired) electrons. The molecule has 268 valence electrons. The van der Waals surface area contributed by atoms with Crippen molar-refractivity contribution in [3.05, 3.63) is 131 Å². The van der Waals surface area contributed by atoms with Crippen LogP contribution in [-0.4, -0.2) is 37.0 Å². The maximum absolute atomic E-state index is 6.95. The molecule has 0 N–H and O–H groups in total. The number of hydrogen-bond donors (Lipinski definition) is 0. The lowest BCUT2D eigenvalue weighted by atomic mass is 9.81. The minimum atomic E-state index is -0.147. The van der Waals surface area contributed by atoms with E-state index in [1.807, 2.05) is 0 Å². The van der Waals surface area contributed by atoms with Crippen molar-refractivity contribution in [1.29, 1.82) is 0 Å². The van der Waals surface area contributed by atoms with Gasteiger partial charge < -0.3 is 14.5 Å². The van der Waals surface area contributed by atoms with Crippen LogP contribution < -0.4 is 14.5 Å². The normalized spacial score (nSPS) is 19.6. The summed E-state index contributed by atoms with van der Waals surface area (Å²) < 4.78 is 9.44. The molecule has 1 aliphatic carbocycles. The number of hydrogen-bond acceptors (Lipinski definition) is 3. The fourth-order valence-electron chi connectivity index (χ4n) is 8.07. The summed E-state index contributed by atoms with van der Waals surface area (Å²) in [5.41, 5.74) is 11.4. The number of allylic oxidation sites excluding steroid dienone is 7. The fourth-order valence-corrected chi connectivity index (χ4v) is 8.07. The molecule has 0 unspecified atom stereocenters. The van der Waals surface area contributed by atoms with Crippen molar-refractivity contribution >= 4 is 22.8 Å². The largest absolute Gasteiger partial charge is 0.476 e. The van der Waals surface area contributed by atoms with Crippen LogP contribution in [0.5, 0.6) is 5.75 Å². The third kappa shape index (κ3) is 7.25. The number of rotatable bonds is 11. The summed E-state index contributed by atoms with van der Waals surface area (Å²) in [5, 5.41) is 0. The number of fused-ring (bicyclic) bond motifs is 2. The van der Waals surface area contributed by atoms with Crippen LogP contribution in [-0.2, 0) is 10.8 Å². The van der Waals surface area contributed by atoms with E-state index in [0.29, 0.717) is 11.8 Å². The number of para-hydroxylation sites is 2. The molecule has 6 rings (SSSR count). The fraction of sp³-hybridized carbons (Fsp3) is 0.426. The van der Waals surface area contributed by atoms with Crippen molar-refractivity contribution in [1.82, 2.24) is 0 Å². The quantitative estimate of drug-likeness (QED) is 0.148. The molecule has 0 saturated carbocycles. The first kappa shape index (κ1) is 36.5. The predicted octanol–water partition coefficient (Wildman–Crippen LogP) is 11.3. The van der Waals surface area contributed by atoms with E-state index in [4.69, 9.17) is 4.74 Å². The topological polar surface area (TPSA) is 18.7 Å². The van der Waals surface area contributed by atoms with Crippen LogP contribution in [0.15, 0.2) is 114 Å². The van der Waals surface area contributed by atoms with Gasteiger partial charge in [-0.15, -0.1) is 0 Å². The third-order valence-corrected chi connectivity index (χ3v) is 10.9. The van der Waals surface area contributed by atoms with Crippen LogP contribution in [0.3, 0.4) is 0 Å². The summed E-state index contributed by atoms with van der Waals surface area (Å²) in [4.78, 5) is 4.79. The average Bonchev–Trinajstić information content (AvgIpc) is 3.44. The van der Waals surface area contributed by atoms with Crippen LogP contribution in [0.4, 0.5) is 17.1 Å².